The molecule has 2 amide bonds. The minimum absolute atomic E-state index is 0.00560. The van der Waals surface area contributed by atoms with E-state index < -0.39 is 0 Å². The van der Waals surface area contributed by atoms with Gasteiger partial charge in [-0.3, -0.25) is 14.9 Å². The molecule has 2 atom stereocenters. The molecule has 13 heavy (non-hydrogen) atoms. The highest BCUT2D eigenvalue weighted by Crippen LogP contribution is 2.14. The van der Waals surface area contributed by atoms with Gasteiger partial charge in [-0.05, 0) is 6.92 Å². The molecule has 2 aliphatic heterocycles. The molecule has 2 unspecified atom stereocenters. The van der Waals surface area contributed by atoms with E-state index in [1.165, 1.54) is 0 Å². The van der Waals surface area contributed by atoms with E-state index in [1.807, 2.05) is 0 Å². The van der Waals surface area contributed by atoms with Gasteiger partial charge in [0.1, 0.15) is 12.2 Å². The van der Waals surface area contributed by atoms with Gasteiger partial charge in [-0.15, -0.1) is 0 Å². The van der Waals surface area contributed by atoms with Gasteiger partial charge in [0.25, 0.3) is 0 Å². The summed E-state index contributed by atoms with van der Waals surface area (Å²) in [4.78, 5) is 24.4. The zero-order chi connectivity index (χ0) is 9.42. The maximum absolute atomic E-state index is 11.5. The number of amides is 2. The van der Waals surface area contributed by atoms with Gasteiger partial charge in [0.2, 0.25) is 11.8 Å². The van der Waals surface area contributed by atoms with Gasteiger partial charge in [-0.25, -0.2) is 0 Å². The van der Waals surface area contributed by atoms with E-state index in [2.05, 4.69) is 10.6 Å². The zero-order valence-electron chi connectivity index (χ0n) is 7.54. The standard InChI is InChI=1S/C8H13N3O2/c1-5-8(13)10-4-6-9-3-2-7(12)11(5)6/h5-6,9H,2-4H2,1H3,(H,10,13). The smallest absolute Gasteiger partial charge is 0.242 e. The van der Waals surface area contributed by atoms with Crippen LogP contribution in [0.5, 0.6) is 0 Å². The Morgan fingerprint density at radius 3 is 3.00 bits per heavy atom. The van der Waals surface area contributed by atoms with Crippen molar-refractivity contribution < 1.29 is 9.59 Å². The third-order valence-corrected chi connectivity index (χ3v) is 2.61. The molecule has 2 fully saturated rings. The van der Waals surface area contributed by atoms with Crippen molar-refractivity contribution in [2.75, 3.05) is 13.1 Å². The molecule has 2 rings (SSSR count). The maximum Gasteiger partial charge on any atom is 0.242 e. The van der Waals surface area contributed by atoms with E-state index in [0.29, 0.717) is 19.5 Å². The first kappa shape index (κ1) is 8.50. The van der Waals surface area contributed by atoms with Crippen molar-refractivity contribution in [2.45, 2.75) is 25.6 Å². The molecule has 2 heterocycles. The molecule has 5 nitrogen and oxygen atoms in total. The van der Waals surface area contributed by atoms with Crippen molar-refractivity contribution in [1.29, 1.82) is 0 Å². The lowest BCUT2D eigenvalue weighted by molar-refractivity contribution is -0.149. The average Bonchev–Trinajstić information content (AvgIpc) is 2.12. The Hall–Kier alpha value is -1.10. The fourth-order valence-corrected chi connectivity index (χ4v) is 1.87. The number of nitrogens with zero attached hydrogens (tertiary/aromatic N) is 1. The van der Waals surface area contributed by atoms with Crippen LogP contribution >= 0.6 is 0 Å². The second-order valence-corrected chi connectivity index (χ2v) is 3.44. The molecule has 0 aliphatic carbocycles. The summed E-state index contributed by atoms with van der Waals surface area (Å²) in [6.07, 6.45) is 0.489. The summed E-state index contributed by atoms with van der Waals surface area (Å²) in [6, 6.07) is -0.334. The molecule has 0 bridgehead atoms. The molecular formula is C8H13N3O2. The van der Waals surface area contributed by atoms with E-state index in [1.54, 1.807) is 11.8 Å². The Labute approximate surface area is 76.5 Å². The van der Waals surface area contributed by atoms with Gasteiger partial charge >= 0.3 is 0 Å². The first-order valence-corrected chi connectivity index (χ1v) is 4.52. The van der Waals surface area contributed by atoms with Crippen molar-refractivity contribution in [3.05, 3.63) is 0 Å². The van der Waals surface area contributed by atoms with Gasteiger partial charge < -0.3 is 10.2 Å². The lowest BCUT2D eigenvalue weighted by Crippen LogP contribution is -2.68. The Kier molecular flexibility index (Phi) is 1.95. The minimum Gasteiger partial charge on any atom is -0.351 e. The van der Waals surface area contributed by atoms with Crippen molar-refractivity contribution in [3.63, 3.8) is 0 Å². The van der Waals surface area contributed by atoms with Gasteiger partial charge in [0, 0.05) is 13.0 Å². The second-order valence-electron chi connectivity index (χ2n) is 3.44. The molecule has 0 aromatic heterocycles. The molecule has 72 valence electrons. The van der Waals surface area contributed by atoms with Crippen LogP contribution in [-0.2, 0) is 9.59 Å². The van der Waals surface area contributed by atoms with Crippen LogP contribution in [0.2, 0.25) is 0 Å². The molecule has 0 aromatic rings. The molecule has 0 saturated carbocycles. The summed E-state index contributed by atoms with van der Waals surface area (Å²) >= 11 is 0. The Bertz CT molecular complexity index is 254. The SMILES string of the molecule is CC1C(=O)NCC2NCCC(=O)N21. The van der Waals surface area contributed by atoms with Crippen LogP contribution in [-0.4, -0.2) is 42.0 Å². The lowest BCUT2D eigenvalue weighted by atomic mass is 10.1. The lowest BCUT2D eigenvalue weighted by Gasteiger charge is -2.43. The summed E-state index contributed by atoms with van der Waals surface area (Å²) in [5.41, 5.74) is 0. The van der Waals surface area contributed by atoms with Crippen LogP contribution in [0.4, 0.5) is 0 Å². The highest BCUT2D eigenvalue weighted by molar-refractivity contribution is 5.89. The number of rotatable bonds is 0. The Balaban J connectivity index is 2.19. The largest absolute Gasteiger partial charge is 0.351 e. The van der Waals surface area contributed by atoms with Crippen LogP contribution in [0.3, 0.4) is 0 Å². The highest BCUT2D eigenvalue weighted by Gasteiger charge is 2.38. The molecule has 0 radical (unpaired) electrons. The summed E-state index contributed by atoms with van der Waals surface area (Å²) in [6.45, 7) is 2.99. The molecular weight excluding hydrogens is 170 g/mol. The van der Waals surface area contributed by atoms with Gasteiger partial charge in [-0.1, -0.05) is 0 Å². The average molecular weight is 183 g/mol. The summed E-state index contributed by atoms with van der Waals surface area (Å²) in [7, 11) is 0. The maximum atomic E-state index is 11.5. The van der Waals surface area contributed by atoms with Crippen molar-refractivity contribution >= 4 is 11.8 Å². The number of hydrogen-bond acceptors (Lipinski definition) is 3. The molecule has 0 spiro atoms. The predicted octanol–water partition coefficient (Wildman–Crippen LogP) is -1.35. The monoisotopic (exact) mass is 183 g/mol. The van der Waals surface area contributed by atoms with Crippen molar-refractivity contribution in [2.24, 2.45) is 0 Å². The number of nitrogens with one attached hydrogen (secondary N) is 2. The quantitative estimate of drug-likeness (QED) is 0.488. The van der Waals surface area contributed by atoms with E-state index in [-0.39, 0.29) is 24.0 Å². The summed E-state index contributed by atoms with van der Waals surface area (Å²) in [5, 5.41) is 5.95. The number of hydrogen-bond donors (Lipinski definition) is 2. The Morgan fingerprint density at radius 2 is 2.23 bits per heavy atom. The van der Waals surface area contributed by atoms with E-state index in [4.69, 9.17) is 0 Å². The number of fused-ring (bicyclic) bond motifs is 1. The predicted molar refractivity (Wildman–Crippen MR) is 45.7 cm³/mol. The highest BCUT2D eigenvalue weighted by atomic mass is 16.2. The summed E-state index contributed by atoms with van der Waals surface area (Å²) < 4.78 is 0. The fraction of sp³-hybridized carbons (Fsp3) is 0.750. The van der Waals surface area contributed by atoms with Gasteiger partial charge in [0.15, 0.2) is 0 Å². The number of carbonyl (C=O) groups excluding carboxylic acids is 2. The first-order chi connectivity index (χ1) is 6.20. The van der Waals surface area contributed by atoms with Crippen molar-refractivity contribution in [1.82, 2.24) is 15.5 Å². The van der Waals surface area contributed by atoms with E-state index in [0.717, 1.165) is 0 Å². The minimum atomic E-state index is -0.334. The van der Waals surface area contributed by atoms with Crippen LogP contribution in [0.25, 0.3) is 0 Å². The fourth-order valence-electron chi connectivity index (χ4n) is 1.87. The third kappa shape index (κ3) is 1.29. The van der Waals surface area contributed by atoms with Crippen molar-refractivity contribution in [3.8, 4) is 0 Å². The van der Waals surface area contributed by atoms with E-state index >= 15 is 0 Å². The van der Waals surface area contributed by atoms with Crippen LogP contribution in [0.15, 0.2) is 0 Å². The third-order valence-electron chi connectivity index (χ3n) is 2.61. The second kappa shape index (κ2) is 2.99. The van der Waals surface area contributed by atoms with Crippen LogP contribution in [0.1, 0.15) is 13.3 Å². The topological polar surface area (TPSA) is 61.4 Å². The first-order valence-electron chi connectivity index (χ1n) is 4.52. The molecule has 5 heteroatoms. The molecule has 0 aromatic carbocycles. The normalized spacial score (nSPS) is 34.1. The van der Waals surface area contributed by atoms with Gasteiger partial charge in [-0.2, -0.15) is 0 Å². The van der Waals surface area contributed by atoms with Crippen LogP contribution in [0, 0.1) is 0 Å². The molecule has 2 aliphatic rings. The van der Waals surface area contributed by atoms with Crippen LogP contribution < -0.4 is 10.6 Å². The summed E-state index contributed by atoms with van der Waals surface area (Å²) in [5.74, 6) is 0.0133. The zero-order valence-corrected chi connectivity index (χ0v) is 7.54. The number of piperazine rings is 1. The molecule has 2 saturated heterocycles. The Morgan fingerprint density at radius 1 is 1.46 bits per heavy atom. The van der Waals surface area contributed by atoms with Gasteiger partial charge in [0.05, 0.1) is 6.54 Å². The molecule has 2 N–H and O–H groups in total. The van der Waals surface area contributed by atoms with E-state index in [9.17, 15) is 9.59 Å². The number of carbonyl (C=O) groups is 2.